The van der Waals surface area contributed by atoms with E-state index in [1.54, 1.807) is 37.1 Å². The lowest BCUT2D eigenvalue weighted by atomic mass is 10.00. The van der Waals surface area contributed by atoms with E-state index in [9.17, 15) is 14.4 Å². The molecule has 0 unspecified atom stereocenters. The highest BCUT2D eigenvalue weighted by Gasteiger charge is 2.35. The minimum absolute atomic E-state index is 0.0894. The number of aryl methyl sites for hydroxylation is 3. The summed E-state index contributed by atoms with van der Waals surface area (Å²) in [6.45, 7) is 4.31. The molecule has 0 aliphatic carbocycles. The van der Waals surface area contributed by atoms with Crippen LogP contribution in [0.5, 0.6) is 23.0 Å². The number of hydrogen-bond donors (Lipinski definition) is 2. The van der Waals surface area contributed by atoms with Crippen LogP contribution in [0.1, 0.15) is 41.0 Å². The molecule has 1 saturated heterocycles. The van der Waals surface area contributed by atoms with Crippen LogP contribution in [0.3, 0.4) is 0 Å². The van der Waals surface area contributed by atoms with Gasteiger partial charge in [-0.3, -0.25) is 14.4 Å². The summed E-state index contributed by atoms with van der Waals surface area (Å²) in [7, 11) is 3.09. The summed E-state index contributed by atoms with van der Waals surface area (Å²) in [5, 5.41) is 9.94. The van der Waals surface area contributed by atoms with Crippen LogP contribution in [-0.2, 0) is 33.8 Å². The van der Waals surface area contributed by atoms with E-state index in [0.717, 1.165) is 16.7 Å². The molecule has 3 amide bonds. The zero-order valence-electron chi connectivity index (χ0n) is 25.4. The number of methoxy groups -OCH3 is 2. The van der Waals surface area contributed by atoms with Crippen molar-refractivity contribution in [3.8, 4) is 23.0 Å². The standard InChI is InChI=1S/C32H38N4O8/c1-19-24(20(2)44-35-19)15-32(39)36-12-11-26-25(17-36)34-31(38)18-42-29-13-21(5-9-27(29)40-3)6-10-30(37)33-16-22-7-8-23(43-26)14-28(22)41-4/h5,7-9,13-14,25-26H,6,10-12,15-18H2,1-4H3,(H,33,37)(H,34,38)/t25-,26+/m1/s1. The summed E-state index contributed by atoms with van der Waals surface area (Å²) >= 11 is 0. The molecule has 3 aromatic rings. The minimum atomic E-state index is -0.520. The molecule has 2 aromatic carbocycles. The van der Waals surface area contributed by atoms with Crippen molar-refractivity contribution < 1.29 is 37.9 Å². The molecule has 3 aliphatic heterocycles. The number of likely N-dealkylation sites (tertiary alicyclic amines) is 1. The molecule has 0 spiro atoms. The van der Waals surface area contributed by atoms with Crippen LogP contribution in [0.2, 0.25) is 0 Å². The van der Waals surface area contributed by atoms with Gasteiger partial charge in [-0.05, 0) is 50.1 Å². The second-order valence-electron chi connectivity index (χ2n) is 11.0. The molecule has 4 bridgehead atoms. The average molecular weight is 607 g/mol. The zero-order valence-corrected chi connectivity index (χ0v) is 25.4. The van der Waals surface area contributed by atoms with Crippen molar-refractivity contribution in [1.29, 1.82) is 0 Å². The molecule has 1 fully saturated rings. The van der Waals surface area contributed by atoms with Crippen LogP contribution in [0, 0.1) is 13.8 Å². The van der Waals surface area contributed by atoms with Crippen molar-refractivity contribution in [1.82, 2.24) is 20.7 Å². The maximum Gasteiger partial charge on any atom is 0.258 e. The normalized spacial score (nSPS) is 19.2. The van der Waals surface area contributed by atoms with Crippen molar-refractivity contribution in [3.05, 3.63) is 64.5 Å². The highest BCUT2D eigenvalue weighted by Crippen LogP contribution is 2.30. The molecule has 2 atom stereocenters. The lowest BCUT2D eigenvalue weighted by molar-refractivity contribution is -0.135. The molecule has 1 aromatic heterocycles. The fraction of sp³-hybridized carbons (Fsp3) is 0.438. The van der Waals surface area contributed by atoms with E-state index in [2.05, 4.69) is 15.8 Å². The minimum Gasteiger partial charge on any atom is -0.496 e. The van der Waals surface area contributed by atoms with Crippen LogP contribution < -0.4 is 29.6 Å². The average Bonchev–Trinajstić information content (AvgIpc) is 3.34. The van der Waals surface area contributed by atoms with Crippen molar-refractivity contribution >= 4 is 17.7 Å². The van der Waals surface area contributed by atoms with Crippen molar-refractivity contribution in [2.45, 2.75) is 58.2 Å². The number of rotatable bonds is 4. The Morgan fingerprint density at radius 2 is 1.86 bits per heavy atom. The van der Waals surface area contributed by atoms with Crippen molar-refractivity contribution in [2.24, 2.45) is 0 Å². The third kappa shape index (κ3) is 7.24. The SMILES string of the molecule is COc1cc2ccc1CNC(=O)CCc1ccc(OC)c(c1)OCC(=O)N[C@@H]1CN(C(=O)Cc3c(C)noc3C)CC[C@@H]1O2. The third-order valence-electron chi connectivity index (χ3n) is 8.01. The summed E-state index contributed by atoms with van der Waals surface area (Å²) < 4.78 is 28.5. The third-order valence-corrected chi connectivity index (χ3v) is 8.01. The number of ether oxygens (including phenoxy) is 4. The number of piperidine rings is 1. The molecule has 234 valence electrons. The summed E-state index contributed by atoms with van der Waals surface area (Å²) in [6.07, 6.45) is 0.947. The van der Waals surface area contributed by atoms with E-state index in [0.29, 0.717) is 60.4 Å². The number of fused-ring (bicyclic) bond motifs is 9. The number of benzene rings is 2. The first kappa shape index (κ1) is 30.7. The molecule has 0 radical (unpaired) electrons. The van der Waals surface area contributed by atoms with Gasteiger partial charge in [-0.1, -0.05) is 11.2 Å². The molecular weight excluding hydrogens is 568 g/mol. The fourth-order valence-electron chi connectivity index (χ4n) is 5.49. The molecule has 44 heavy (non-hydrogen) atoms. The van der Waals surface area contributed by atoms with Crippen LogP contribution >= 0.6 is 0 Å². The highest BCUT2D eigenvalue weighted by atomic mass is 16.5. The van der Waals surface area contributed by atoms with Gasteiger partial charge in [0.1, 0.15) is 23.4 Å². The number of hydrogen-bond acceptors (Lipinski definition) is 9. The maximum absolute atomic E-state index is 13.3. The van der Waals surface area contributed by atoms with E-state index < -0.39 is 12.1 Å². The van der Waals surface area contributed by atoms with Gasteiger partial charge in [0.15, 0.2) is 18.1 Å². The maximum atomic E-state index is 13.3. The monoisotopic (exact) mass is 606 g/mol. The number of carbonyl (C=O) groups is 3. The topological polar surface area (TPSA) is 141 Å². The molecule has 12 heteroatoms. The Morgan fingerprint density at radius 3 is 2.61 bits per heavy atom. The summed E-state index contributed by atoms with van der Waals surface area (Å²) in [5.41, 5.74) is 3.12. The Morgan fingerprint density at radius 1 is 1.05 bits per heavy atom. The molecule has 12 nitrogen and oxygen atoms in total. The Labute approximate surface area is 256 Å². The lowest BCUT2D eigenvalue weighted by Gasteiger charge is -2.39. The molecule has 4 heterocycles. The summed E-state index contributed by atoms with van der Waals surface area (Å²) in [5.74, 6) is 2.03. The Balaban J connectivity index is 1.40. The van der Waals surface area contributed by atoms with Crippen LogP contribution in [0.4, 0.5) is 0 Å². The van der Waals surface area contributed by atoms with Crippen molar-refractivity contribution in [2.75, 3.05) is 33.9 Å². The largest absolute Gasteiger partial charge is 0.496 e. The van der Waals surface area contributed by atoms with Gasteiger partial charge in [-0.15, -0.1) is 0 Å². The second kappa shape index (κ2) is 13.7. The van der Waals surface area contributed by atoms with E-state index in [1.807, 2.05) is 25.1 Å². The molecule has 3 aliphatic rings. The van der Waals surface area contributed by atoms with Gasteiger partial charge in [-0.2, -0.15) is 0 Å². The van der Waals surface area contributed by atoms with Crippen LogP contribution in [-0.4, -0.2) is 73.8 Å². The predicted octanol–water partition coefficient (Wildman–Crippen LogP) is 2.66. The van der Waals surface area contributed by atoms with Gasteiger partial charge in [0.25, 0.3) is 5.91 Å². The van der Waals surface area contributed by atoms with Crippen LogP contribution in [0.15, 0.2) is 40.9 Å². The fourth-order valence-corrected chi connectivity index (χ4v) is 5.49. The smallest absolute Gasteiger partial charge is 0.258 e. The first-order valence-electron chi connectivity index (χ1n) is 14.6. The van der Waals surface area contributed by atoms with Crippen LogP contribution in [0.25, 0.3) is 0 Å². The van der Waals surface area contributed by atoms with E-state index in [1.165, 1.54) is 7.11 Å². The number of carbonyl (C=O) groups excluding carboxylic acids is 3. The van der Waals surface area contributed by atoms with Gasteiger partial charge < -0.3 is 39.0 Å². The molecule has 0 saturated carbocycles. The molecule has 2 N–H and O–H groups in total. The Kier molecular flexibility index (Phi) is 9.56. The number of nitrogens with zero attached hydrogens (tertiary/aromatic N) is 2. The first-order chi connectivity index (χ1) is 21.2. The van der Waals surface area contributed by atoms with E-state index in [-0.39, 0.29) is 43.7 Å². The summed E-state index contributed by atoms with van der Waals surface area (Å²) in [6, 6.07) is 10.3. The van der Waals surface area contributed by atoms with Gasteiger partial charge in [-0.25, -0.2) is 0 Å². The van der Waals surface area contributed by atoms with Gasteiger partial charge in [0, 0.05) is 49.7 Å². The number of nitrogens with one attached hydrogen (secondary N) is 2. The summed E-state index contributed by atoms with van der Waals surface area (Å²) in [4.78, 5) is 40.9. The number of aromatic nitrogens is 1. The predicted molar refractivity (Wildman–Crippen MR) is 159 cm³/mol. The quantitative estimate of drug-likeness (QED) is 0.459. The highest BCUT2D eigenvalue weighted by molar-refractivity contribution is 5.80. The number of amides is 3. The Bertz CT molecular complexity index is 1500. The lowest BCUT2D eigenvalue weighted by Crippen LogP contribution is -2.58. The van der Waals surface area contributed by atoms with Crippen molar-refractivity contribution in [3.63, 3.8) is 0 Å². The van der Waals surface area contributed by atoms with Gasteiger partial charge in [0.05, 0.1) is 32.4 Å². The first-order valence-corrected chi connectivity index (χ1v) is 14.6. The van der Waals surface area contributed by atoms with Gasteiger partial charge >= 0.3 is 0 Å². The van der Waals surface area contributed by atoms with Gasteiger partial charge in [0.2, 0.25) is 11.8 Å². The molecular formula is C32H38N4O8. The second-order valence-corrected chi connectivity index (χ2v) is 11.0. The Hall–Kier alpha value is -4.74. The van der Waals surface area contributed by atoms with E-state index in [4.69, 9.17) is 23.5 Å². The van der Waals surface area contributed by atoms with E-state index >= 15 is 0 Å². The zero-order chi connectivity index (χ0) is 31.2. The molecule has 6 rings (SSSR count).